The second-order valence-corrected chi connectivity index (χ2v) is 7.26. The Labute approximate surface area is 121 Å². The minimum Gasteiger partial charge on any atom is -0.389 e. The van der Waals surface area contributed by atoms with Crippen LogP contribution in [0.4, 0.5) is 0 Å². The van der Waals surface area contributed by atoms with E-state index in [1.807, 2.05) is 6.92 Å². The molecule has 2 rings (SSSR count). The molecule has 1 aliphatic heterocycles. The predicted molar refractivity (Wildman–Crippen MR) is 79.8 cm³/mol. The molecule has 0 amide bonds. The molecule has 3 nitrogen and oxygen atoms in total. The van der Waals surface area contributed by atoms with E-state index in [4.69, 9.17) is 5.73 Å². The van der Waals surface area contributed by atoms with E-state index in [9.17, 15) is 5.11 Å². The van der Waals surface area contributed by atoms with E-state index < -0.39 is 5.60 Å². The van der Waals surface area contributed by atoms with Crippen molar-refractivity contribution < 1.29 is 5.11 Å². The molecule has 18 heavy (non-hydrogen) atoms. The van der Waals surface area contributed by atoms with Crippen LogP contribution in [0, 0.1) is 0 Å². The fourth-order valence-corrected chi connectivity index (χ4v) is 4.24. The first kappa shape index (κ1) is 14.5. The monoisotopic (exact) mass is 332 g/mol. The zero-order chi connectivity index (χ0) is 13.3. The van der Waals surface area contributed by atoms with Crippen molar-refractivity contribution >= 4 is 27.3 Å². The molecule has 0 saturated carbocycles. The van der Waals surface area contributed by atoms with Crippen LogP contribution in [0.25, 0.3) is 0 Å². The lowest BCUT2D eigenvalue weighted by atomic mass is 10.0. The van der Waals surface area contributed by atoms with Crippen LogP contribution in [0.3, 0.4) is 0 Å². The second kappa shape index (κ2) is 5.59. The van der Waals surface area contributed by atoms with Gasteiger partial charge in [0.05, 0.1) is 11.6 Å². The summed E-state index contributed by atoms with van der Waals surface area (Å²) < 4.78 is 1.11. The zero-order valence-corrected chi connectivity index (χ0v) is 13.3. The van der Waals surface area contributed by atoms with Gasteiger partial charge in [-0.1, -0.05) is 6.92 Å². The first-order valence-electron chi connectivity index (χ1n) is 6.39. The van der Waals surface area contributed by atoms with Gasteiger partial charge < -0.3 is 10.8 Å². The Morgan fingerprint density at radius 1 is 1.67 bits per heavy atom. The highest BCUT2D eigenvalue weighted by Crippen LogP contribution is 2.36. The molecule has 102 valence electrons. The molecule has 1 aliphatic rings. The lowest BCUT2D eigenvalue weighted by Gasteiger charge is -2.32. The Balaban J connectivity index is 2.21. The molecule has 1 saturated heterocycles. The van der Waals surface area contributed by atoms with Gasteiger partial charge in [0.2, 0.25) is 0 Å². The van der Waals surface area contributed by atoms with Crippen LogP contribution in [0.5, 0.6) is 0 Å². The van der Waals surface area contributed by atoms with Gasteiger partial charge in [-0.3, -0.25) is 4.90 Å². The summed E-state index contributed by atoms with van der Waals surface area (Å²) in [5.74, 6) is 0. The van der Waals surface area contributed by atoms with Crippen molar-refractivity contribution in [3.05, 3.63) is 20.8 Å². The zero-order valence-electron chi connectivity index (χ0n) is 10.9. The van der Waals surface area contributed by atoms with Gasteiger partial charge in [0.15, 0.2) is 0 Å². The van der Waals surface area contributed by atoms with E-state index in [1.54, 1.807) is 11.3 Å². The summed E-state index contributed by atoms with van der Waals surface area (Å²) in [4.78, 5) is 3.61. The van der Waals surface area contributed by atoms with Crippen molar-refractivity contribution in [2.24, 2.45) is 5.73 Å². The topological polar surface area (TPSA) is 49.5 Å². The molecule has 0 aromatic carbocycles. The highest BCUT2D eigenvalue weighted by Gasteiger charge is 2.37. The number of nitrogens with zero attached hydrogens (tertiary/aromatic N) is 1. The normalized spacial score (nSPS) is 28.5. The molecule has 1 aromatic rings. The predicted octanol–water partition coefficient (Wildman–Crippen LogP) is 2.75. The van der Waals surface area contributed by atoms with Crippen LogP contribution in [-0.2, 0) is 0 Å². The molecule has 0 spiro atoms. The molecular weight excluding hydrogens is 312 g/mol. The van der Waals surface area contributed by atoms with E-state index in [0.717, 1.165) is 23.9 Å². The molecule has 3 unspecified atom stereocenters. The summed E-state index contributed by atoms with van der Waals surface area (Å²) in [5, 5.41) is 12.2. The van der Waals surface area contributed by atoms with Gasteiger partial charge in [0.1, 0.15) is 0 Å². The van der Waals surface area contributed by atoms with Crippen LogP contribution >= 0.6 is 27.3 Å². The van der Waals surface area contributed by atoms with Crippen LogP contribution < -0.4 is 5.73 Å². The standard InChI is InChI=1S/C13H21BrN2OS/c1-3-10(15)12(11-6-9(14)7-18-11)16-5-4-13(2,17)8-16/h6-7,10,12,17H,3-5,8,15H2,1-2H3. The number of halogens is 1. The van der Waals surface area contributed by atoms with Crippen molar-refractivity contribution in [2.45, 2.75) is 44.4 Å². The van der Waals surface area contributed by atoms with Crippen molar-refractivity contribution in [2.75, 3.05) is 13.1 Å². The Morgan fingerprint density at radius 3 is 2.83 bits per heavy atom. The molecule has 3 N–H and O–H groups in total. The Hall–Kier alpha value is 0.0600. The van der Waals surface area contributed by atoms with E-state index in [1.165, 1.54) is 4.88 Å². The third-order valence-corrected chi connectivity index (χ3v) is 5.40. The van der Waals surface area contributed by atoms with Crippen molar-refractivity contribution in [3.63, 3.8) is 0 Å². The van der Waals surface area contributed by atoms with Crippen LogP contribution in [0.15, 0.2) is 15.9 Å². The largest absolute Gasteiger partial charge is 0.389 e. The van der Waals surface area contributed by atoms with Gasteiger partial charge in [0, 0.05) is 33.9 Å². The molecule has 1 aromatic heterocycles. The quantitative estimate of drug-likeness (QED) is 0.891. The van der Waals surface area contributed by atoms with Crippen molar-refractivity contribution in [3.8, 4) is 0 Å². The van der Waals surface area contributed by atoms with E-state index >= 15 is 0 Å². The summed E-state index contributed by atoms with van der Waals surface area (Å²) in [6.45, 7) is 5.65. The lowest BCUT2D eigenvalue weighted by molar-refractivity contribution is 0.0597. The lowest BCUT2D eigenvalue weighted by Crippen LogP contribution is -2.41. The summed E-state index contributed by atoms with van der Waals surface area (Å²) in [6.07, 6.45) is 1.77. The van der Waals surface area contributed by atoms with E-state index in [2.05, 4.69) is 39.2 Å². The molecule has 0 bridgehead atoms. The van der Waals surface area contributed by atoms with Gasteiger partial charge >= 0.3 is 0 Å². The molecule has 3 atom stereocenters. The van der Waals surface area contributed by atoms with Gasteiger partial charge in [-0.25, -0.2) is 0 Å². The fraction of sp³-hybridized carbons (Fsp3) is 0.692. The summed E-state index contributed by atoms with van der Waals surface area (Å²) in [5.41, 5.74) is 5.73. The number of nitrogens with two attached hydrogens (primary N) is 1. The SMILES string of the molecule is CCC(N)C(c1cc(Br)cs1)N1CCC(C)(O)C1. The average molecular weight is 333 g/mol. The Bertz CT molecular complexity index is 407. The number of likely N-dealkylation sites (tertiary alicyclic amines) is 1. The third kappa shape index (κ3) is 3.14. The smallest absolute Gasteiger partial charge is 0.0758 e. The van der Waals surface area contributed by atoms with E-state index in [0.29, 0.717) is 6.54 Å². The summed E-state index contributed by atoms with van der Waals surface area (Å²) in [7, 11) is 0. The van der Waals surface area contributed by atoms with E-state index in [-0.39, 0.29) is 12.1 Å². The number of thiophene rings is 1. The third-order valence-electron chi connectivity index (χ3n) is 3.63. The van der Waals surface area contributed by atoms with Crippen molar-refractivity contribution in [1.29, 1.82) is 0 Å². The summed E-state index contributed by atoms with van der Waals surface area (Å²) >= 11 is 5.24. The molecule has 1 fully saturated rings. The van der Waals surface area contributed by atoms with Crippen LogP contribution in [0.2, 0.25) is 0 Å². The maximum atomic E-state index is 10.1. The van der Waals surface area contributed by atoms with Gasteiger partial charge in [0.25, 0.3) is 0 Å². The number of rotatable bonds is 4. The summed E-state index contributed by atoms with van der Waals surface area (Å²) in [6, 6.07) is 2.49. The van der Waals surface area contributed by atoms with Gasteiger partial charge in [-0.2, -0.15) is 0 Å². The first-order valence-corrected chi connectivity index (χ1v) is 8.06. The number of hydrogen-bond donors (Lipinski definition) is 2. The Kier molecular flexibility index (Phi) is 4.49. The van der Waals surface area contributed by atoms with Crippen molar-refractivity contribution in [1.82, 2.24) is 4.90 Å². The number of aliphatic hydroxyl groups is 1. The van der Waals surface area contributed by atoms with Crippen LogP contribution in [0.1, 0.15) is 37.6 Å². The first-order chi connectivity index (χ1) is 8.43. The van der Waals surface area contributed by atoms with Crippen LogP contribution in [-0.4, -0.2) is 34.7 Å². The minimum absolute atomic E-state index is 0.115. The minimum atomic E-state index is -0.569. The fourth-order valence-electron chi connectivity index (χ4n) is 2.59. The maximum Gasteiger partial charge on any atom is 0.0758 e. The average Bonchev–Trinajstić information content (AvgIpc) is 2.86. The molecule has 5 heteroatoms. The van der Waals surface area contributed by atoms with Gasteiger partial charge in [-0.15, -0.1) is 11.3 Å². The molecule has 2 heterocycles. The maximum absolute atomic E-state index is 10.1. The highest BCUT2D eigenvalue weighted by molar-refractivity contribution is 9.10. The highest BCUT2D eigenvalue weighted by atomic mass is 79.9. The van der Waals surface area contributed by atoms with Gasteiger partial charge in [-0.05, 0) is 41.8 Å². The number of hydrogen-bond acceptors (Lipinski definition) is 4. The molecule has 0 radical (unpaired) electrons. The molecule has 0 aliphatic carbocycles. The number of β-amino-alcohol motifs (C(OH)–C–C–N with tert-alkyl or cyclic N) is 1. The Morgan fingerprint density at radius 2 is 2.39 bits per heavy atom. The second-order valence-electron chi connectivity index (χ2n) is 5.40. The molecular formula is C13H21BrN2OS.